The van der Waals surface area contributed by atoms with Crippen molar-refractivity contribution in [3.8, 4) is 0 Å². The van der Waals surface area contributed by atoms with Gasteiger partial charge in [-0.05, 0) is 31.0 Å². The Morgan fingerprint density at radius 1 is 1.47 bits per heavy atom. The van der Waals surface area contributed by atoms with Gasteiger partial charge in [0.15, 0.2) is 0 Å². The number of halogens is 2. The van der Waals surface area contributed by atoms with E-state index in [9.17, 15) is 9.18 Å². The van der Waals surface area contributed by atoms with Crippen LogP contribution in [0.2, 0.25) is 5.02 Å². The standard InChI is InChI=1S/C12H14ClFO3/c1-2-17-12(15)8-16-6-5-9-3-4-11(14)10(13)7-9/h3-4,7H,2,5-6,8H2,1H3. The summed E-state index contributed by atoms with van der Waals surface area (Å²) in [4.78, 5) is 10.9. The third-order valence-corrected chi connectivity index (χ3v) is 2.33. The van der Waals surface area contributed by atoms with Crippen molar-refractivity contribution in [3.63, 3.8) is 0 Å². The Kier molecular flexibility index (Phi) is 5.94. The van der Waals surface area contributed by atoms with Gasteiger partial charge in [-0.25, -0.2) is 9.18 Å². The van der Waals surface area contributed by atoms with Crippen LogP contribution in [0.3, 0.4) is 0 Å². The molecule has 1 rings (SSSR count). The number of benzene rings is 1. The van der Waals surface area contributed by atoms with Crippen molar-refractivity contribution in [2.75, 3.05) is 19.8 Å². The molecule has 0 amide bonds. The first kappa shape index (κ1) is 13.9. The van der Waals surface area contributed by atoms with Gasteiger partial charge in [0, 0.05) is 0 Å². The molecular weight excluding hydrogens is 247 g/mol. The van der Waals surface area contributed by atoms with Gasteiger partial charge in [-0.15, -0.1) is 0 Å². The molecule has 0 aliphatic carbocycles. The zero-order valence-electron chi connectivity index (χ0n) is 9.54. The molecule has 0 N–H and O–H groups in total. The monoisotopic (exact) mass is 260 g/mol. The smallest absolute Gasteiger partial charge is 0.332 e. The average Bonchev–Trinajstić information content (AvgIpc) is 2.29. The van der Waals surface area contributed by atoms with Gasteiger partial charge >= 0.3 is 5.97 Å². The lowest BCUT2D eigenvalue weighted by Gasteiger charge is -2.05. The molecule has 1 aromatic carbocycles. The normalized spacial score (nSPS) is 10.3. The summed E-state index contributed by atoms with van der Waals surface area (Å²) in [7, 11) is 0. The number of esters is 1. The minimum Gasteiger partial charge on any atom is -0.464 e. The largest absolute Gasteiger partial charge is 0.464 e. The van der Waals surface area contributed by atoms with Gasteiger partial charge in [-0.3, -0.25) is 0 Å². The van der Waals surface area contributed by atoms with Crippen molar-refractivity contribution >= 4 is 17.6 Å². The second kappa shape index (κ2) is 7.25. The molecule has 0 spiro atoms. The Morgan fingerprint density at radius 2 is 2.24 bits per heavy atom. The van der Waals surface area contributed by atoms with Gasteiger partial charge in [0.05, 0.1) is 18.2 Å². The van der Waals surface area contributed by atoms with Crippen LogP contribution in [-0.2, 0) is 20.7 Å². The van der Waals surface area contributed by atoms with Crippen LogP contribution in [0.1, 0.15) is 12.5 Å². The summed E-state index contributed by atoms with van der Waals surface area (Å²) in [6, 6.07) is 4.49. The summed E-state index contributed by atoms with van der Waals surface area (Å²) < 4.78 is 22.7. The van der Waals surface area contributed by atoms with Crippen molar-refractivity contribution in [1.29, 1.82) is 0 Å². The number of carbonyl (C=O) groups excluding carboxylic acids is 1. The predicted molar refractivity (Wildman–Crippen MR) is 62.6 cm³/mol. The highest BCUT2D eigenvalue weighted by atomic mass is 35.5. The molecule has 0 unspecified atom stereocenters. The molecule has 1 aromatic rings. The second-order valence-corrected chi connectivity index (χ2v) is 3.76. The molecule has 0 aromatic heterocycles. The Balaban J connectivity index is 2.26. The lowest BCUT2D eigenvalue weighted by Crippen LogP contribution is -2.13. The first-order valence-corrected chi connectivity index (χ1v) is 5.68. The van der Waals surface area contributed by atoms with Crippen molar-refractivity contribution in [2.45, 2.75) is 13.3 Å². The highest BCUT2D eigenvalue weighted by Crippen LogP contribution is 2.16. The van der Waals surface area contributed by atoms with Crippen LogP contribution >= 0.6 is 11.6 Å². The fraction of sp³-hybridized carbons (Fsp3) is 0.417. The van der Waals surface area contributed by atoms with E-state index in [2.05, 4.69) is 0 Å². The number of rotatable bonds is 6. The summed E-state index contributed by atoms with van der Waals surface area (Å²) >= 11 is 5.63. The SMILES string of the molecule is CCOC(=O)COCCc1ccc(F)c(Cl)c1. The molecule has 17 heavy (non-hydrogen) atoms. The zero-order valence-corrected chi connectivity index (χ0v) is 10.3. The van der Waals surface area contributed by atoms with Crippen molar-refractivity contribution in [3.05, 3.63) is 34.6 Å². The minimum atomic E-state index is -0.442. The van der Waals surface area contributed by atoms with E-state index in [4.69, 9.17) is 21.1 Å². The molecule has 3 nitrogen and oxygen atoms in total. The Bertz CT molecular complexity index is 382. The molecule has 5 heteroatoms. The first-order chi connectivity index (χ1) is 8.13. The Morgan fingerprint density at radius 3 is 2.88 bits per heavy atom. The van der Waals surface area contributed by atoms with Gasteiger partial charge in [0.1, 0.15) is 12.4 Å². The molecule has 0 saturated carbocycles. The van der Waals surface area contributed by atoms with E-state index in [0.29, 0.717) is 19.6 Å². The van der Waals surface area contributed by atoms with Crippen LogP contribution in [0.25, 0.3) is 0 Å². The van der Waals surface area contributed by atoms with E-state index in [1.54, 1.807) is 19.1 Å². The van der Waals surface area contributed by atoms with Crippen molar-refractivity contribution in [2.24, 2.45) is 0 Å². The van der Waals surface area contributed by atoms with E-state index < -0.39 is 5.82 Å². The summed E-state index contributed by atoms with van der Waals surface area (Å²) in [5, 5.41) is 0.0906. The topological polar surface area (TPSA) is 35.5 Å². The highest BCUT2D eigenvalue weighted by Gasteiger charge is 2.03. The number of hydrogen-bond acceptors (Lipinski definition) is 3. The summed E-state index contributed by atoms with van der Waals surface area (Å²) in [5.41, 5.74) is 0.861. The van der Waals surface area contributed by atoms with Crippen LogP contribution in [0.5, 0.6) is 0 Å². The maximum Gasteiger partial charge on any atom is 0.332 e. The maximum absolute atomic E-state index is 12.9. The molecule has 0 aliphatic rings. The average molecular weight is 261 g/mol. The number of carbonyl (C=O) groups is 1. The number of ether oxygens (including phenoxy) is 2. The van der Waals surface area contributed by atoms with Gasteiger partial charge in [-0.1, -0.05) is 17.7 Å². The van der Waals surface area contributed by atoms with Crippen LogP contribution in [-0.4, -0.2) is 25.8 Å². The summed E-state index contributed by atoms with van der Waals surface area (Å²) in [5.74, 6) is -0.826. The van der Waals surface area contributed by atoms with E-state index in [-0.39, 0.29) is 17.6 Å². The molecule has 0 saturated heterocycles. The molecule has 0 fully saturated rings. The van der Waals surface area contributed by atoms with Crippen LogP contribution < -0.4 is 0 Å². The quantitative estimate of drug-likeness (QED) is 0.583. The van der Waals surface area contributed by atoms with Crippen LogP contribution in [0.4, 0.5) is 4.39 Å². The van der Waals surface area contributed by atoms with Crippen LogP contribution in [0, 0.1) is 5.82 Å². The Labute approximate surface area is 104 Å². The lowest BCUT2D eigenvalue weighted by atomic mass is 10.1. The second-order valence-electron chi connectivity index (χ2n) is 3.36. The van der Waals surface area contributed by atoms with Gasteiger partial charge in [0.25, 0.3) is 0 Å². The van der Waals surface area contributed by atoms with Crippen LogP contribution in [0.15, 0.2) is 18.2 Å². The zero-order chi connectivity index (χ0) is 12.7. The van der Waals surface area contributed by atoms with Crippen molar-refractivity contribution in [1.82, 2.24) is 0 Å². The van der Waals surface area contributed by atoms with Gasteiger partial charge < -0.3 is 9.47 Å². The molecule has 0 heterocycles. The minimum absolute atomic E-state index is 0.0667. The Hall–Kier alpha value is -1.13. The molecular formula is C12H14ClFO3. The van der Waals surface area contributed by atoms with E-state index in [0.717, 1.165) is 5.56 Å². The highest BCUT2D eigenvalue weighted by molar-refractivity contribution is 6.30. The van der Waals surface area contributed by atoms with Gasteiger partial charge in [-0.2, -0.15) is 0 Å². The summed E-state index contributed by atoms with van der Waals surface area (Å²) in [6.45, 7) is 2.37. The molecule has 0 aliphatic heterocycles. The predicted octanol–water partition coefficient (Wildman–Crippen LogP) is 2.60. The van der Waals surface area contributed by atoms with E-state index >= 15 is 0 Å². The fourth-order valence-electron chi connectivity index (χ4n) is 1.24. The van der Waals surface area contributed by atoms with E-state index in [1.807, 2.05) is 0 Å². The molecule has 0 atom stereocenters. The number of hydrogen-bond donors (Lipinski definition) is 0. The maximum atomic E-state index is 12.9. The molecule has 0 bridgehead atoms. The van der Waals surface area contributed by atoms with E-state index in [1.165, 1.54) is 6.07 Å². The molecule has 0 radical (unpaired) electrons. The van der Waals surface area contributed by atoms with Crippen molar-refractivity contribution < 1.29 is 18.7 Å². The third kappa shape index (κ3) is 5.15. The third-order valence-electron chi connectivity index (χ3n) is 2.04. The lowest BCUT2D eigenvalue weighted by molar-refractivity contribution is -0.148. The van der Waals surface area contributed by atoms with Gasteiger partial charge in [0.2, 0.25) is 0 Å². The first-order valence-electron chi connectivity index (χ1n) is 5.30. The fourth-order valence-corrected chi connectivity index (χ4v) is 1.45. The summed E-state index contributed by atoms with van der Waals surface area (Å²) in [6.07, 6.45) is 0.569. The molecule has 94 valence electrons.